The van der Waals surface area contributed by atoms with Crippen molar-refractivity contribution in [2.24, 2.45) is 0 Å². The van der Waals surface area contributed by atoms with Crippen molar-refractivity contribution in [2.75, 3.05) is 13.2 Å². The van der Waals surface area contributed by atoms with Gasteiger partial charge in [0.05, 0.1) is 0 Å². The zero-order chi connectivity index (χ0) is 3.54. The molecule has 0 saturated carbocycles. The molecule has 38 valence electrons. The van der Waals surface area contributed by atoms with Crippen LogP contribution in [0, 0.1) is 0 Å². The normalized spacial score (nSPS) is 20.0. The van der Waals surface area contributed by atoms with E-state index >= 15 is 0 Å². The van der Waals surface area contributed by atoms with E-state index in [2.05, 4.69) is 0 Å². The van der Waals surface area contributed by atoms with Crippen LogP contribution in [0.1, 0.15) is 12.8 Å². The van der Waals surface area contributed by atoms with Crippen molar-refractivity contribution in [3.8, 4) is 0 Å². The molecular formula is C4H8ORu. The van der Waals surface area contributed by atoms with E-state index in [1.807, 2.05) is 0 Å². The van der Waals surface area contributed by atoms with Crippen molar-refractivity contribution in [1.29, 1.82) is 0 Å². The second-order valence-electron chi connectivity index (χ2n) is 1.32. The van der Waals surface area contributed by atoms with Gasteiger partial charge in [-0.3, -0.25) is 0 Å². The van der Waals surface area contributed by atoms with Gasteiger partial charge in [0.1, 0.15) is 0 Å². The molecule has 0 spiro atoms. The van der Waals surface area contributed by atoms with Crippen LogP contribution in [0.4, 0.5) is 0 Å². The Morgan fingerprint density at radius 3 is 1.67 bits per heavy atom. The van der Waals surface area contributed by atoms with Gasteiger partial charge in [-0.25, -0.2) is 0 Å². The van der Waals surface area contributed by atoms with Crippen molar-refractivity contribution in [2.45, 2.75) is 12.8 Å². The zero-order valence-corrected chi connectivity index (χ0v) is 5.33. The van der Waals surface area contributed by atoms with Crippen LogP contribution in [-0.2, 0) is 24.2 Å². The van der Waals surface area contributed by atoms with E-state index in [9.17, 15) is 0 Å². The van der Waals surface area contributed by atoms with Gasteiger partial charge in [0.2, 0.25) is 0 Å². The number of rotatable bonds is 0. The maximum absolute atomic E-state index is 4.94. The summed E-state index contributed by atoms with van der Waals surface area (Å²) in [4.78, 5) is 0. The van der Waals surface area contributed by atoms with Crippen LogP contribution < -0.4 is 0 Å². The van der Waals surface area contributed by atoms with Crippen molar-refractivity contribution >= 4 is 0 Å². The summed E-state index contributed by atoms with van der Waals surface area (Å²) in [6, 6.07) is 0. The van der Waals surface area contributed by atoms with E-state index in [-0.39, 0.29) is 19.5 Å². The van der Waals surface area contributed by atoms with Gasteiger partial charge in [0.15, 0.2) is 0 Å². The molecule has 1 rings (SSSR count). The van der Waals surface area contributed by atoms with Crippen LogP contribution in [-0.4, -0.2) is 13.2 Å². The van der Waals surface area contributed by atoms with Gasteiger partial charge in [-0.15, -0.1) is 0 Å². The smallest absolute Gasteiger partial charge is 0.0466 e. The molecule has 1 nitrogen and oxygen atoms in total. The summed E-state index contributed by atoms with van der Waals surface area (Å²) in [5, 5.41) is 0. The van der Waals surface area contributed by atoms with E-state index in [0.717, 1.165) is 13.2 Å². The van der Waals surface area contributed by atoms with Crippen LogP contribution in [0.15, 0.2) is 0 Å². The maximum atomic E-state index is 4.94. The minimum Gasteiger partial charge on any atom is -0.381 e. The Kier molecular flexibility index (Phi) is 4.13. The van der Waals surface area contributed by atoms with E-state index in [0.29, 0.717) is 0 Å². The molecule has 0 aliphatic carbocycles. The Morgan fingerprint density at radius 1 is 1.00 bits per heavy atom. The molecule has 1 saturated heterocycles. The first kappa shape index (κ1) is 6.58. The van der Waals surface area contributed by atoms with E-state index < -0.39 is 0 Å². The molecule has 0 aromatic rings. The molecule has 0 atom stereocenters. The average molecular weight is 173 g/mol. The zero-order valence-electron chi connectivity index (χ0n) is 3.59. The molecule has 0 aromatic heterocycles. The molecular weight excluding hydrogens is 165 g/mol. The minimum atomic E-state index is 0. The van der Waals surface area contributed by atoms with Crippen molar-refractivity contribution in [1.82, 2.24) is 0 Å². The van der Waals surface area contributed by atoms with E-state index in [4.69, 9.17) is 4.74 Å². The SMILES string of the molecule is C1CCOC1.[Ru]. The van der Waals surface area contributed by atoms with Crippen LogP contribution in [0.3, 0.4) is 0 Å². The van der Waals surface area contributed by atoms with Crippen LogP contribution >= 0.6 is 0 Å². The molecule has 6 heavy (non-hydrogen) atoms. The number of ether oxygens (including phenoxy) is 1. The van der Waals surface area contributed by atoms with Crippen LogP contribution in [0.2, 0.25) is 0 Å². The molecule has 1 heterocycles. The van der Waals surface area contributed by atoms with Gasteiger partial charge >= 0.3 is 0 Å². The molecule has 0 amide bonds. The fraction of sp³-hybridized carbons (Fsp3) is 1.00. The second-order valence-corrected chi connectivity index (χ2v) is 1.32. The summed E-state index contributed by atoms with van der Waals surface area (Å²) in [7, 11) is 0. The molecule has 0 radical (unpaired) electrons. The minimum absolute atomic E-state index is 0. The predicted molar refractivity (Wildman–Crippen MR) is 20.1 cm³/mol. The summed E-state index contributed by atoms with van der Waals surface area (Å²) in [6.45, 7) is 2.00. The summed E-state index contributed by atoms with van der Waals surface area (Å²) >= 11 is 0. The van der Waals surface area contributed by atoms with Gasteiger partial charge in [0.25, 0.3) is 0 Å². The summed E-state index contributed by atoms with van der Waals surface area (Å²) < 4.78 is 4.94. The molecule has 1 aliphatic rings. The Hall–Kier alpha value is 0.583. The number of hydrogen-bond donors (Lipinski definition) is 0. The van der Waals surface area contributed by atoms with E-state index in [1.54, 1.807) is 0 Å². The van der Waals surface area contributed by atoms with Gasteiger partial charge in [-0.1, -0.05) is 0 Å². The van der Waals surface area contributed by atoms with Crippen molar-refractivity contribution in [3.05, 3.63) is 0 Å². The average Bonchev–Trinajstić information content (AvgIpc) is 1.76. The summed E-state index contributed by atoms with van der Waals surface area (Å²) in [6.07, 6.45) is 2.56. The van der Waals surface area contributed by atoms with Gasteiger partial charge in [-0.2, -0.15) is 0 Å². The molecule has 0 unspecified atom stereocenters. The Bertz CT molecular complexity index is 19.1. The standard InChI is InChI=1S/C4H8O.Ru/c1-2-4-5-3-1;/h1-4H2;. The molecule has 0 aromatic carbocycles. The largest absolute Gasteiger partial charge is 0.381 e. The topological polar surface area (TPSA) is 9.23 Å². The Labute approximate surface area is 50.8 Å². The first-order valence-corrected chi connectivity index (χ1v) is 2.08. The fourth-order valence-corrected chi connectivity index (χ4v) is 0.510. The summed E-state index contributed by atoms with van der Waals surface area (Å²) in [5.74, 6) is 0. The Morgan fingerprint density at radius 2 is 1.50 bits per heavy atom. The van der Waals surface area contributed by atoms with Gasteiger partial charge < -0.3 is 4.74 Å². The predicted octanol–water partition coefficient (Wildman–Crippen LogP) is 0.794. The number of hydrogen-bond acceptors (Lipinski definition) is 1. The summed E-state index contributed by atoms with van der Waals surface area (Å²) in [5.41, 5.74) is 0. The molecule has 2 heteroatoms. The first-order valence-electron chi connectivity index (χ1n) is 2.08. The van der Waals surface area contributed by atoms with Crippen LogP contribution in [0.25, 0.3) is 0 Å². The Balaban J connectivity index is 0.000000250. The van der Waals surface area contributed by atoms with Crippen molar-refractivity contribution in [3.63, 3.8) is 0 Å². The first-order chi connectivity index (χ1) is 2.50. The van der Waals surface area contributed by atoms with Crippen molar-refractivity contribution < 1.29 is 24.2 Å². The molecule has 0 bridgehead atoms. The molecule has 0 N–H and O–H groups in total. The maximum Gasteiger partial charge on any atom is 0.0466 e. The van der Waals surface area contributed by atoms with Gasteiger partial charge in [-0.05, 0) is 12.8 Å². The third-order valence-corrected chi connectivity index (χ3v) is 0.827. The molecule has 1 aliphatic heterocycles. The fourth-order valence-electron chi connectivity index (χ4n) is 0.510. The second kappa shape index (κ2) is 3.76. The van der Waals surface area contributed by atoms with Crippen LogP contribution in [0.5, 0.6) is 0 Å². The third-order valence-electron chi connectivity index (χ3n) is 0.827. The third kappa shape index (κ3) is 1.89. The van der Waals surface area contributed by atoms with E-state index in [1.165, 1.54) is 12.8 Å². The molecule has 1 fully saturated rings. The monoisotopic (exact) mass is 174 g/mol. The van der Waals surface area contributed by atoms with Gasteiger partial charge in [0, 0.05) is 32.7 Å². The quantitative estimate of drug-likeness (QED) is 0.492.